The first kappa shape index (κ1) is 16.1. The van der Waals surface area contributed by atoms with Crippen molar-refractivity contribution in [2.45, 2.75) is 40.2 Å². The minimum absolute atomic E-state index is 0.0988. The van der Waals surface area contributed by atoms with Crippen molar-refractivity contribution in [3.8, 4) is 0 Å². The summed E-state index contributed by atoms with van der Waals surface area (Å²) in [6, 6.07) is 6.31. The predicted octanol–water partition coefficient (Wildman–Crippen LogP) is 4.28. The van der Waals surface area contributed by atoms with E-state index in [0.29, 0.717) is 12.0 Å². The summed E-state index contributed by atoms with van der Waals surface area (Å²) in [6.45, 7) is 8.13. The van der Waals surface area contributed by atoms with E-state index in [1.165, 1.54) is 6.42 Å². The Morgan fingerprint density at radius 2 is 2.19 bits per heavy atom. The summed E-state index contributed by atoms with van der Waals surface area (Å²) in [7, 11) is 2.13. The Hall–Kier alpha value is -1.29. The van der Waals surface area contributed by atoms with E-state index in [1.807, 2.05) is 36.9 Å². The van der Waals surface area contributed by atoms with Crippen LogP contribution in [0.25, 0.3) is 0 Å². The van der Waals surface area contributed by atoms with Gasteiger partial charge in [-0.25, -0.2) is 4.99 Å². The zero-order valence-corrected chi connectivity index (χ0v) is 14.3. The number of amidine groups is 1. The Labute approximate surface area is 131 Å². The largest absolute Gasteiger partial charge is 0.350 e. The summed E-state index contributed by atoms with van der Waals surface area (Å²) < 4.78 is 0. The maximum atomic E-state index is 11.4. The number of aliphatic imine (C=N–C) groups is 1. The number of Topliss-reactive ketones (excluding diaryl/α,β-unsaturated/α-hetero) is 1. The van der Waals surface area contributed by atoms with Crippen LogP contribution in [-0.4, -0.2) is 34.7 Å². The van der Waals surface area contributed by atoms with Crippen LogP contribution in [0.2, 0.25) is 0 Å². The normalized spacial score (nSPS) is 20.6. The van der Waals surface area contributed by atoms with Crippen LogP contribution in [0.5, 0.6) is 0 Å². The average molecular weight is 304 g/mol. The first-order valence-corrected chi connectivity index (χ1v) is 8.43. The van der Waals surface area contributed by atoms with Crippen molar-refractivity contribution in [3.63, 3.8) is 0 Å². The molecule has 1 aromatic carbocycles. The molecule has 0 N–H and O–H groups in total. The maximum absolute atomic E-state index is 11.4. The maximum Gasteiger partial charge on any atom is 0.164 e. The number of hydrogen-bond acceptors (Lipinski definition) is 3. The van der Waals surface area contributed by atoms with Crippen molar-refractivity contribution < 1.29 is 4.79 Å². The number of ketones is 1. The SMILES string of the molecule is CC(=O)c1ccc(N=C2SC[C@H](CC(C)C)N2C)c(C)c1. The van der Waals surface area contributed by atoms with Crippen LogP contribution in [0.1, 0.15) is 43.1 Å². The number of benzene rings is 1. The molecule has 0 spiro atoms. The quantitative estimate of drug-likeness (QED) is 0.778. The molecule has 21 heavy (non-hydrogen) atoms. The van der Waals surface area contributed by atoms with Crippen molar-refractivity contribution in [1.29, 1.82) is 0 Å². The zero-order chi connectivity index (χ0) is 15.6. The van der Waals surface area contributed by atoms with Gasteiger partial charge < -0.3 is 4.90 Å². The first-order valence-electron chi connectivity index (χ1n) is 7.44. The Bertz CT molecular complexity index is 566. The molecule has 0 radical (unpaired) electrons. The number of rotatable bonds is 4. The van der Waals surface area contributed by atoms with E-state index in [9.17, 15) is 4.79 Å². The molecule has 1 saturated heterocycles. The van der Waals surface area contributed by atoms with Crippen LogP contribution in [0.15, 0.2) is 23.2 Å². The highest BCUT2D eigenvalue weighted by atomic mass is 32.2. The van der Waals surface area contributed by atoms with Crippen molar-refractivity contribution in [1.82, 2.24) is 4.90 Å². The molecule has 1 aliphatic rings. The number of aryl methyl sites for hydroxylation is 1. The second-order valence-corrected chi connectivity index (χ2v) is 7.14. The molecule has 1 aliphatic heterocycles. The molecule has 0 aliphatic carbocycles. The average Bonchev–Trinajstić information content (AvgIpc) is 2.73. The molecule has 2 rings (SSSR count). The summed E-state index contributed by atoms with van der Waals surface area (Å²) in [5, 5.41) is 1.08. The van der Waals surface area contributed by atoms with E-state index in [0.717, 1.165) is 27.7 Å². The molecule has 0 amide bonds. The number of carbonyl (C=O) groups excluding carboxylic acids is 1. The van der Waals surface area contributed by atoms with Gasteiger partial charge >= 0.3 is 0 Å². The molecule has 1 aromatic rings. The van der Waals surface area contributed by atoms with Gasteiger partial charge in [-0.2, -0.15) is 0 Å². The summed E-state index contributed by atoms with van der Waals surface area (Å²) in [6.07, 6.45) is 1.20. The van der Waals surface area contributed by atoms with Gasteiger partial charge in [0.05, 0.1) is 5.69 Å². The van der Waals surface area contributed by atoms with Crippen molar-refractivity contribution in [2.24, 2.45) is 10.9 Å². The van der Waals surface area contributed by atoms with Gasteiger partial charge in [-0.15, -0.1) is 0 Å². The van der Waals surface area contributed by atoms with E-state index in [2.05, 4.69) is 25.8 Å². The fourth-order valence-electron chi connectivity index (χ4n) is 2.52. The lowest BCUT2D eigenvalue weighted by Crippen LogP contribution is -2.30. The molecule has 1 heterocycles. The van der Waals surface area contributed by atoms with Gasteiger partial charge in [0.1, 0.15) is 0 Å². The third kappa shape index (κ3) is 3.88. The standard InChI is InChI=1S/C17H24N2OS/c1-11(2)8-15-10-21-17(19(15)5)18-16-7-6-14(13(4)20)9-12(16)3/h6-7,9,11,15H,8,10H2,1-5H3/t15-/m0/s1. The van der Waals surface area contributed by atoms with Gasteiger partial charge in [-0.1, -0.05) is 25.6 Å². The molecule has 1 fully saturated rings. The van der Waals surface area contributed by atoms with Gasteiger partial charge in [0, 0.05) is 24.4 Å². The number of nitrogens with zero attached hydrogens (tertiary/aromatic N) is 2. The third-order valence-electron chi connectivity index (χ3n) is 3.82. The fourth-order valence-corrected chi connectivity index (χ4v) is 3.74. The molecule has 0 bridgehead atoms. The molecular formula is C17H24N2OS. The Balaban J connectivity index is 2.19. The van der Waals surface area contributed by atoms with Gasteiger partial charge in [0.2, 0.25) is 0 Å². The minimum atomic E-state index is 0.0988. The molecule has 4 heteroatoms. The number of thioether (sulfide) groups is 1. The Morgan fingerprint density at radius 1 is 1.48 bits per heavy atom. The zero-order valence-electron chi connectivity index (χ0n) is 13.5. The molecule has 0 saturated carbocycles. The smallest absolute Gasteiger partial charge is 0.164 e. The summed E-state index contributed by atoms with van der Waals surface area (Å²) in [5.41, 5.74) is 2.76. The highest BCUT2D eigenvalue weighted by molar-refractivity contribution is 8.14. The van der Waals surface area contributed by atoms with Crippen LogP contribution >= 0.6 is 11.8 Å². The van der Waals surface area contributed by atoms with Gasteiger partial charge in [0.15, 0.2) is 11.0 Å². The van der Waals surface area contributed by atoms with Crippen LogP contribution in [0.3, 0.4) is 0 Å². The topological polar surface area (TPSA) is 32.7 Å². The molecule has 114 valence electrons. The highest BCUT2D eigenvalue weighted by Gasteiger charge is 2.27. The van der Waals surface area contributed by atoms with Crippen LogP contribution in [0.4, 0.5) is 5.69 Å². The van der Waals surface area contributed by atoms with Gasteiger partial charge in [-0.3, -0.25) is 4.79 Å². The summed E-state index contributed by atoms with van der Waals surface area (Å²) in [5.74, 6) is 1.91. The predicted molar refractivity (Wildman–Crippen MR) is 91.7 cm³/mol. The van der Waals surface area contributed by atoms with Crippen molar-refractivity contribution in [3.05, 3.63) is 29.3 Å². The molecule has 1 atom stereocenters. The van der Waals surface area contributed by atoms with E-state index in [-0.39, 0.29) is 5.78 Å². The third-order valence-corrected chi connectivity index (χ3v) is 5.01. The van der Waals surface area contributed by atoms with Crippen molar-refractivity contribution in [2.75, 3.05) is 12.8 Å². The van der Waals surface area contributed by atoms with Gasteiger partial charge in [0.25, 0.3) is 0 Å². The molecule has 0 unspecified atom stereocenters. The Morgan fingerprint density at radius 3 is 2.76 bits per heavy atom. The minimum Gasteiger partial charge on any atom is -0.350 e. The molecular weight excluding hydrogens is 280 g/mol. The van der Waals surface area contributed by atoms with Crippen LogP contribution < -0.4 is 0 Å². The fraction of sp³-hybridized carbons (Fsp3) is 0.529. The first-order chi connectivity index (χ1) is 9.88. The van der Waals surface area contributed by atoms with Crippen molar-refractivity contribution >= 4 is 28.4 Å². The lowest BCUT2D eigenvalue weighted by atomic mass is 10.0. The second-order valence-electron chi connectivity index (χ2n) is 6.16. The highest BCUT2D eigenvalue weighted by Crippen LogP contribution is 2.30. The molecule has 0 aromatic heterocycles. The lowest BCUT2D eigenvalue weighted by Gasteiger charge is -2.22. The molecule has 3 nitrogen and oxygen atoms in total. The van der Waals surface area contributed by atoms with Gasteiger partial charge in [-0.05, 0) is 49.9 Å². The number of hydrogen-bond donors (Lipinski definition) is 0. The van der Waals surface area contributed by atoms with E-state index >= 15 is 0 Å². The second kappa shape index (κ2) is 6.65. The Kier molecular flexibility index (Phi) is 5.09. The van der Waals surface area contributed by atoms with E-state index in [4.69, 9.17) is 4.99 Å². The van der Waals surface area contributed by atoms with E-state index < -0.39 is 0 Å². The lowest BCUT2D eigenvalue weighted by molar-refractivity contribution is 0.101. The number of carbonyl (C=O) groups is 1. The monoisotopic (exact) mass is 304 g/mol. The summed E-state index contributed by atoms with van der Waals surface area (Å²) in [4.78, 5) is 18.5. The van der Waals surface area contributed by atoms with Crippen LogP contribution in [-0.2, 0) is 0 Å². The van der Waals surface area contributed by atoms with Crippen LogP contribution in [0, 0.1) is 12.8 Å². The summed E-state index contributed by atoms with van der Waals surface area (Å²) >= 11 is 1.82. The van der Waals surface area contributed by atoms with E-state index in [1.54, 1.807) is 6.92 Å².